The Morgan fingerprint density at radius 3 is 2.54 bits per heavy atom. The van der Waals surface area contributed by atoms with Crippen LogP contribution in [0, 0.1) is 12.7 Å². The van der Waals surface area contributed by atoms with E-state index in [1.165, 1.54) is 19.1 Å². The van der Waals surface area contributed by atoms with E-state index < -0.39 is 47.9 Å². The summed E-state index contributed by atoms with van der Waals surface area (Å²) in [5.74, 6) is -5.46. The topological polar surface area (TPSA) is 85.4 Å². The predicted molar refractivity (Wildman–Crippen MR) is 115 cm³/mol. The van der Waals surface area contributed by atoms with Crippen LogP contribution in [-0.4, -0.2) is 41.3 Å². The molecule has 1 aliphatic carbocycles. The minimum Gasteiger partial charge on any atom is -0.365 e. The molecule has 2 aromatic rings. The lowest BCUT2D eigenvalue weighted by atomic mass is 10.0. The number of amides is 1. The Hall–Kier alpha value is -2.86. The van der Waals surface area contributed by atoms with Crippen molar-refractivity contribution in [3.63, 3.8) is 0 Å². The number of carbonyl (C=O) groups excluding carboxylic acids is 1. The molecular weight excluding hydrogens is 475 g/mol. The van der Waals surface area contributed by atoms with Gasteiger partial charge in [-0.2, -0.15) is 0 Å². The average molecular weight is 500 g/mol. The second-order valence-electron chi connectivity index (χ2n) is 8.78. The van der Waals surface area contributed by atoms with Crippen LogP contribution in [0.2, 0.25) is 0 Å². The zero-order valence-corrected chi connectivity index (χ0v) is 19.1. The highest BCUT2D eigenvalue weighted by atomic mass is 19.3. The van der Waals surface area contributed by atoms with Crippen LogP contribution in [0.25, 0.3) is 0 Å². The molecule has 1 aromatic heterocycles. The van der Waals surface area contributed by atoms with Crippen LogP contribution >= 0.6 is 0 Å². The molecule has 12 heteroatoms. The van der Waals surface area contributed by atoms with Crippen molar-refractivity contribution in [2.24, 2.45) is 0 Å². The number of anilines is 1. The summed E-state index contributed by atoms with van der Waals surface area (Å²) in [7, 11) is 0. The highest BCUT2D eigenvalue weighted by Gasteiger charge is 2.46. The van der Waals surface area contributed by atoms with Crippen LogP contribution in [0.5, 0.6) is 0 Å². The molecule has 1 aliphatic heterocycles. The monoisotopic (exact) mass is 500 g/mol. The van der Waals surface area contributed by atoms with Gasteiger partial charge in [-0.25, -0.2) is 31.9 Å². The van der Waals surface area contributed by atoms with E-state index in [2.05, 4.69) is 20.6 Å². The first kappa shape index (κ1) is 25.2. The smallest absolute Gasteiger partial charge is 0.273 e. The van der Waals surface area contributed by atoms with Gasteiger partial charge in [0.15, 0.2) is 6.29 Å². The molecule has 2 heterocycles. The quantitative estimate of drug-likeness (QED) is 0.499. The van der Waals surface area contributed by atoms with E-state index in [-0.39, 0.29) is 48.2 Å². The number of carbonyl (C=O) groups is 1. The van der Waals surface area contributed by atoms with Crippen LogP contribution in [0.15, 0.2) is 18.2 Å². The zero-order chi connectivity index (χ0) is 25.4. The van der Waals surface area contributed by atoms with Gasteiger partial charge in [0.2, 0.25) is 6.17 Å². The standard InChI is InChI=1S/C23H25F5N4O3/c1-12-30-18(17(26)20(33)32-23(11-24)6-7-23)15(21-34-8-9-35-21)19(31-12)29-10-13-4-3-5-14(16(13)25)22(2,27)28/h3-5,17,21H,6-11H2,1-2H3,(H,32,33)(H,29,30,31). The Morgan fingerprint density at radius 2 is 1.94 bits per heavy atom. The maximum atomic E-state index is 15.4. The fraction of sp³-hybridized carbons (Fsp3) is 0.522. The Bertz CT molecular complexity index is 1100. The molecule has 0 radical (unpaired) electrons. The molecule has 7 nitrogen and oxygen atoms in total. The van der Waals surface area contributed by atoms with Crippen LogP contribution in [0.1, 0.15) is 60.4 Å². The lowest BCUT2D eigenvalue weighted by Crippen LogP contribution is -2.41. The summed E-state index contributed by atoms with van der Waals surface area (Å²) in [5, 5.41) is 5.20. The van der Waals surface area contributed by atoms with E-state index >= 15 is 4.39 Å². The first-order chi connectivity index (χ1) is 16.5. The Morgan fingerprint density at radius 1 is 1.26 bits per heavy atom. The number of aromatic nitrogens is 2. The van der Waals surface area contributed by atoms with E-state index in [9.17, 15) is 22.4 Å². The summed E-state index contributed by atoms with van der Waals surface area (Å²) < 4.78 is 81.8. The third-order valence-corrected chi connectivity index (χ3v) is 5.91. The summed E-state index contributed by atoms with van der Waals surface area (Å²) in [4.78, 5) is 20.9. The van der Waals surface area contributed by atoms with Crippen LogP contribution in [-0.2, 0) is 26.7 Å². The van der Waals surface area contributed by atoms with Crippen LogP contribution < -0.4 is 10.6 Å². The zero-order valence-electron chi connectivity index (χ0n) is 19.1. The number of rotatable bonds is 9. The molecule has 1 saturated heterocycles. The van der Waals surface area contributed by atoms with E-state index in [4.69, 9.17) is 9.47 Å². The molecule has 190 valence electrons. The van der Waals surface area contributed by atoms with E-state index in [1.54, 1.807) is 0 Å². The molecule has 0 bridgehead atoms. The number of halogens is 5. The third-order valence-electron chi connectivity index (χ3n) is 5.91. The van der Waals surface area contributed by atoms with E-state index in [1.807, 2.05) is 0 Å². The van der Waals surface area contributed by atoms with Gasteiger partial charge in [-0.15, -0.1) is 0 Å². The first-order valence-electron chi connectivity index (χ1n) is 11.1. The molecule has 2 aliphatic rings. The molecule has 1 atom stereocenters. The SMILES string of the molecule is Cc1nc(NCc2cccc(C(C)(F)F)c2F)c(C2OCCO2)c(C(F)C(=O)NC2(CF)CC2)n1. The van der Waals surface area contributed by atoms with Crippen molar-refractivity contribution < 1.29 is 36.2 Å². The van der Waals surface area contributed by atoms with E-state index in [0.29, 0.717) is 19.8 Å². The Labute approximate surface area is 198 Å². The fourth-order valence-electron chi connectivity index (χ4n) is 3.81. The number of nitrogens with one attached hydrogen (secondary N) is 2. The lowest BCUT2D eigenvalue weighted by Gasteiger charge is -2.22. The number of ether oxygens (including phenoxy) is 2. The first-order valence-corrected chi connectivity index (χ1v) is 11.1. The van der Waals surface area contributed by atoms with Gasteiger partial charge in [0.1, 0.15) is 24.1 Å². The predicted octanol–water partition coefficient (Wildman–Crippen LogP) is 4.32. The van der Waals surface area contributed by atoms with Crippen molar-refractivity contribution in [1.29, 1.82) is 0 Å². The van der Waals surface area contributed by atoms with Crippen molar-refractivity contribution in [2.75, 3.05) is 25.2 Å². The Balaban J connectivity index is 1.66. The lowest BCUT2D eigenvalue weighted by molar-refractivity contribution is -0.127. The average Bonchev–Trinajstić information content (AvgIpc) is 3.36. The maximum absolute atomic E-state index is 15.4. The second-order valence-corrected chi connectivity index (χ2v) is 8.78. The number of hydrogen-bond donors (Lipinski definition) is 2. The van der Waals surface area contributed by atoms with Gasteiger partial charge < -0.3 is 20.1 Å². The summed E-state index contributed by atoms with van der Waals surface area (Å²) in [5.41, 5.74) is -2.25. The van der Waals surface area contributed by atoms with Crippen LogP contribution in [0.4, 0.5) is 27.8 Å². The molecule has 1 amide bonds. The summed E-state index contributed by atoms with van der Waals surface area (Å²) >= 11 is 0. The van der Waals surface area contributed by atoms with Crippen LogP contribution in [0.3, 0.4) is 0 Å². The highest BCUT2D eigenvalue weighted by Crippen LogP contribution is 2.39. The molecule has 1 aromatic carbocycles. The van der Waals surface area contributed by atoms with Crippen molar-refractivity contribution in [2.45, 2.75) is 57.2 Å². The number of nitrogens with zero attached hydrogens (tertiary/aromatic N) is 2. The van der Waals surface area contributed by atoms with E-state index in [0.717, 1.165) is 6.07 Å². The molecular formula is C23H25F5N4O3. The minimum atomic E-state index is -3.39. The summed E-state index contributed by atoms with van der Waals surface area (Å²) in [6, 6.07) is 3.62. The molecule has 1 saturated carbocycles. The van der Waals surface area contributed by atoms with Gasteiger partial charge in [0.05, 0.1) is 35.6 Å². The molecule has 2 N–H and O–H groups in total. The van der Waals surface area contributed by atoms with Gasteiger partial charge in [-0.05, 0) is 19.8 Å². The van der Waals surface area contributed by atoms with Gasteiger partial charge in [0, 0.05) is 19.0 Å². The molecule has 35 heavy (non-hydrogen) atoms. The number of benzene rings is 1. The highest BCUT2D eigenvalue weighted by molar-refractivity contribution is 5.83. The van der Waals surface area contributed by atoms with Gasteiger partial charge in [-0.1, -0.05) is 18.2 Å². The minimum absolute atomic E-state index is 0.00506. The normalized spacial score (nSPS) is 18.4. The fourth-order valence-corrected chi connectivity index (χ4v) is 3.81. The molecule has 2 fully saturated rings. The maximum Gasteiger partial charge on any atom is 0.273 e. The molecule has 4 rings (SSSR count). The summed E-state index contributed by atoms with van der Waals surface area (Å²) in [6.07, 6.45) is -2.60. The third kappa shape index (κ3) is 5.37. The van der Waals surface area contributed by atoms with Crippen molar-refractivity contribution in [1.82, 2.24) is 15.3 Å². The number of hydrogen-bond acceptors (Lipinski definition) is 6. The van der Waals surface area contributed by atoms with Crippen molar-refractivity contribution >= 4 is 11.7 Å². The Kier molecular flexibility index (Phi) is 6.96. The van der Waals surface area contributed by atoms with Gasteiger partial charge in [-0.3, -0.25) is 4.79 Å². The largest absolute Gasteiger partial charge is 0.365 e. The molecule has 1 unspecified atom stereocenters. The molecule has 0 spiro atoms. The van der Waals surface area contributed by atoms with Crippen molar-refractivity contribution in [3.8, 4) is 0 Å². The second kappa shape index (κ2) is 9.65. The number of aryl methyl sites for hydroxylation is 1. The summed E-state index contributed by atoms with van der Waals surface area (Å²) in [6.45, 7) is 1.34. The van der Waals surface area contributed by atoms with Gasteiger partial charge in [0.25, 0.3) is 11.8 Å². The van der Waals surface area contributed by atoms with Crippen molar-refractivity contribution in [3.05, 3.63) is 52.2 Å². The number of alkyl halides is 4. The van der Waals surface area contributed by atoms with Gasteiger partial charge >= 0.3 is 0 Å².